The van der Waals surface area contributed by atoms with E-state index in [0.717, 1.165) is 24.5 Å². The van der Waals surface area contributed by atoms with Crippen molar-refractivity contribution in [3.8, 4) is 5.75 Å². The van der Waals surface area contributed by atoms with Crippen molar-refractivity contribution in [2.24, 2.45) is 10.7 Å². The fourth-order valence-electron chi connectivity index (χ4n) is 2.95. The standard InChI is InChI=1S/C19H32N4O/c1-15(2)24-17-10-8-16(9-11-17)22-18(20)21-14-19(3,4)23-12-6-5-7-13-23/h8-11,15H,5-7,12-14H2,1-4H3,(H3,20,21,22). The second kappa shape index (κ2) is 8.38. The average Bonchev–Trinajstić information content (AvgIpc) is 2.55. The van der Waals surface area contributed by atoms with E-state index in [0.29, 0.717) is 12.5 Å². The number of nitrogens with zero attached hydrogens (tertiary/aromatic N) is 2. The maximum Gasteiger partial charge on any atom is 0.193 e. The van der Waals surface area contributed by atoms with Crippen LogP contribution in [-0.4, -0.2) is 42.1 Å². The summed E-state index contributed by atoms with van der Waals surface area (Å²) in [5, 5.41) is 3.15. The lowest BCUT2D eigenvalue weighted by Gasteiger charge is -2.40. The van der Waals surface area contributed by atoms with Gasteiger partial charge in [-0.05, 0) is 77.9 Å². The number of likely N-dealkylation sites (tertiary alicyclic amines) is 1. The Morgan fingerprint density at radius 2 is 1.83 bits per heavy atom. The van der Waals surface area contributed by atoms with Crippen LogP contribution < -0.4 is 15.8 Å². The summed E-state index contributed by atoms with van der Waals surface area (Å²) < 4.78 is 5.64. The van der Waals surface area contributed by atoms with Gasteiger partial charge in [0.05, 0.1) is 12.6 Å². The number of benzene rings is 1. The number of ether oxygens (including phenoxy) is 1. The smallest absolute Gasteiger partial charge is 0.193 e. The number of piperidine rings is 1. The number of anilines is 1. The van der Waals surface area contributed by atoms with Crippen LogP contribution in [0.3, 0.4) is 0 Å². The largest absolute Gasteiger partial charge is 0.491 e. The lowest BCUT2D eigenvalue weighted by Crippen LogP contribution is -2.49. The molecule has 2 rings (SSSR count). The Morgan fingerprint density at radius 1 is 1.21 bits per heavy atom. The van der Waals surface area contributed by atoms with Crippen LogP contribution >= 0.6 is 0 Å². The Balaban J connectivity index is 1.88. The van der Waals surface area contributed by atoms with E-state index in [2.05, 4.69) is 29.1 Å². The van der Waals surface area contributed by atoms with Gasteiger partial charge in [0.1, 0.15) is 5.75 Å². The van der Waals surface area contributed by atoms with E-state index in [1.165, 1.54) is 19.3 Å². The van der Waals surface area contributed by atoms with E-state index < -0.39 is 0 Å². The Labute approximate surface area is 146 Å². The summed E-state index contributed by atoms with van der Waals surface area (Å²) in [7, 11) is 0. The first kappa shape index (κ1) is 18.6. The zero-order valence-electron chi connectivity index (χ0n) is 15.5. The van der Waals surface area contributed by atoms with Gasteiger partial charge in [-0.1, -0.05) is 6.42 Å². The summed E-state index contributed by atoms with van der Waals surface area (Å²) in [5.41, 5.74) is 7.01. The van der Waals surface area contributed by atoms with Gasteiger partial charge in [-0.2, -0.15) is 0 Å². The number of nitrogens with one attached hydrogen (secondary N) is 1. The van der Waals surface area contributed by atoms with Crippen molar-refractivity contribution >= 4 is 11.6 Å². The van der Waals surface area contributed by atoms with Crippen LogP contribution in [0, 0.1) is 0 Å². The van der Waals surface area contributed by atoms with Crippen molar-refractivity contribution in [1.29, 1.82) is 0 Å². The number of hydrogen-bond donors (Lipinski definition) is 2. The van der Waals surface area contributed by atoms with Gasteiger partial charge in [-0.25, -0.2) is 0 Å². The zero-order valence-corrected chi connectivity index (χ0v) is 15.5. The topological polar surface area (TPSA) is 62.9 Å². The minimum Gasteiger partial charge on any atom is -0.491 e. The van der Waals surface area contributed by atoms with E-state index in [1.807, 2.05) is 38.1 Å². The Kier molecular flexibility index (Phi) is 6.49. The Morgan fingerprint density at radius 3 is 2.42 bits per heavy atom. The fraction of sp³-hybridized carbons (Fsp3) is 0.632. The predicted molar refractivity (Wildman–Crippen MR) is 102 cm³/mol. The predicted octanol–water partition coefficient (Wildman–Crippen LogP) is 3.46. The second-order valence-electron chi connectivity index (χ2n) is 7.38. The average molecular weight is 332 g/mol. The SMILES string of the molecule is CC(C)Oc1ccc(NC(N)=NCC(C)(C)N2CCCCC2)cc1. The van der Waals surface area contributed by atoms with Gasteiger partial charge in [0.15, 0.2) is 5.96 Å². The lowest BCUT2D eigenvalue weighted by molar-refractivity contribution is 0.102. The highest BCUT2D eigenvalue weighted by Gasteiger charge is 2.27. The molecule has 1 saturated heterocycles. The summed E-state index contributed by atoms with van der Waals surface area (Å²) in [6.07, 6.45) is 4.08. The maximum absolute atomic E-state index is 6.05. The second-order valence-corrected chi connectivity index (χ2v) is 7.38. The van der Waals surface area contributed by atoms with Crippen LogP contribution in [0.5, 0.6) is 5.75 Å². The first-order valence-electron chi connectivity index (χ1n) is 8.95. The molecule has 1 heterocycles. The van der Waals surface area contributed by atoms with Crippen molar-refractivity contribution in [3.63, 3.8) is 0 Å². The molecule has 0 bridgehead atoms. The number of rotatable bonds is 6. The monoisotopic (exact) mass is 332 g/mol. The molecule has 1 aliphatic rings. The summed E-state index contributed by atoms with van der Waals surface area (Å²) >= 11 is 0. The van der Waals surface area contributed by atoms with Gasteiger partial charge in [-0.3, -0.25) is 9.89 Å². The number of aliphatic imine (C=N–C) groups is 1. The van der Waals surface area contributed by atoms with Gasteiger partial charge >= 0.3 is 0 Å². The molecular formula is C19H32N4O. The Bertz CT molecular complexity index is 531. The highest BCUT2D eigenvalue weighted by Crippen LogP contribution is 2.21. The molecule has 5 nitrogen and oxygen atoms in total. The third kappa shape index (κ3) is 5.71. The fourth-order valence-corrected chi connectivity index (χ4v) is 2.95. The highest BCUT2D eigenvalue weighted by atomic mass is 16.5. The van der Waals surface area contributed by atoms with Crippen LogP contribution in [-0.2, 0) is 0 Å². The minimum absolute atomic E-state index is 0.0433. The molecule has 134 valence electrons. The van der Waals surface area contributed by atoms with Crippen molar-refractivity contribution < 1.29 is 4.74 Å². The minimum atomic E-state index is 0.0433. The van der Waals surface area contributed by atoms with Gasteiger partial charge < -0.3 is 15.8 Å². The van der Waals surface area contributed by atoms with E-state index in [4.69, 9.17) is 10.5 Å². The normalized spacial score (nSPS) is 17.1. The van der Waals surface area contributed by atoms with Gasteiger partial charge in [0, 0.05) is 11.2 Å². The third-order valence-corrected chi connectivity index (χ3v) is 4.35. The van der Waals surface area contributed by atoms with E-state index >= 15 is 0 Å². The lowest BCUT2D eigenvalue weighted by atomic mass is 9.99. The van der Waals surface area contributed by atoms with Gasteiger partial charge in [0.2, 0.25) is 0 Å². The molecule has 1 aliphatic heterocycles. The summed E-state index contributed by atoms with van der Waals surface area (Å²) in [4.78, 5) is 7.07. The first-order chi connectivity index (χ1) is 11.4. The molecule has 3 N–H and O–H groups in total. The molecule has 0 unspecified atom stereocenters. The van der Waals surface area contributed by atoms with Crippen molar-refractivity contribution in [2.45, 2.75) is 58.6 Å². The molecule has 0 aromatic heterocycles. The van der Waals surface area contributed by atoms with Crippen molar-refractivity contribution in [1.82, 2.24) is 4.90 Å². The van der Waals surface area contributed by atoms with E-state index in [9.17, 15) is 0 Å². The molecule has 0 radical (unpaired) electrons. The molecule has 0 saturated carbocycles. The molecule has 0 amide bonds. The molecule has 1 fully saturated rings. The summed E-state index contributed by atoms with van der Waals surface area (Å²) in [6, 6.07) is 7.78. The number of hydrogen-bond acceptors (Lipinski definition) is 3. The zero-order chi connectivity index (χ0) is 17.6. The third-order valence-electron chi connectivity index (χ3n) is 4.35. The van der Waals surface area contributed by atoms with E-state index in [-0.39, 0.29) is 11.6 Å². The number of nitrogens with two attached hydrogens (primary N) is 1. The Hall–Kier alpha value is -1.75. The molecule has 0 atom stereocenters. The van der Waals surface area contributed by atoms with Crippen molar-refractivity contribution in [2.75, 3.05) is 25.0 Å². The molecular weight excluding hydrogens is 300 g/mol. The van der Waals surface area contributed by atoms with Crippen LogP contribution in [0.4, 0.5) is 5.69 Å². The molecule has 0 spiro atoms. The molecule has 1 aromatic carbocycles. The van der Waals surface area contributed by atoms with Gasteiger partial charge in [0.25, 0.3) is 0 Å². The van der Waals surface area contributed by atoms with Crippen LogP contribution in [0.1, 0.15) is 47.0 Å². The molecule has 24 heavy (non-hydrogen) atoms. The van der Waals surface area contributed by atoms with Crippen LogP contribution in [0.15, 0.2) is 29.3 Å². The van der Waals surface area contributed by atoms with Crippen LogP contribution in [0.25, 0.3) is 0 Å². The first-order valence-corrected chi connectivity index (χ1v) is 8.95. The summed E-state index contributed by atoms with van der Waals surface area (Å²) in [6.45, 7) is 11.5. The van der Waals surface area contributed by atoms with E-state index in [1.54, 1.807) is 0 Å². The van der Waals surface area contributed by atoms with Gasteiger partial charge in [-0.15, -0.1) is 0 Å². The van der Waals surface area contributed by atoms with Crippen molar-refractivity contribution in [3.05, 3.63) is 24.3 Å². The number of guanidine groups is 1. The van der Waals surface area contributed by atoms with Crippen LogP contribution in [0.2, 0.25) is 0 Å². The highest BCUT2D eigenvalue weighted by molar-refractivity contribution is 5.92. The summed E-state index contributed by atoms with van der Waals surface area (Å²) in [5.74, 6) is 1.31. The molecule has 5 heteroatoms. The maximum atomic E-state index is 6.05. The molecule has 0 aliphatic carbocycles. The molecule has 1 aromatic rings. The quantitative estimate of drug-likeness (QED) is 0.618.